The van der Waals surface area contributed by atoms with Crippen molar-refractivity contribution in [1.29, 1.82) is 0 Å². The summed E-state index contributed by atoms with van der Waals surface area (Å²) in [6.07, 6.45) is 3.17. The molecule has 2 N–H and O–H groups in total. The Hall–Kier alpha value is -1.36. The molecule has 0 radical (unpaired) electrons. The van der Waals surface area contributed by atoms with Gasteiger partial charge in [-0.1, -0.05) is 13.8 Å². The maximum absolute atomic E-state index is 5.24. The molecule has 116 valence electrons. The first-order valence-electron chi connectivity index (χ1n) is 7.72. The Morgan fingerprint density at radius 3 is 2.48 bits per heavy atom. The summed E-state index contributed by atoms with van der Waals surface area (Å²) < 4.78 is 0. The van der Waals surface area contributed by atoms with E-state index in [1.165, 1.54) is 6.42 Å². The van der Waals surface area contributed by atoms with Gasteiger partial charge in [0.05, 0.1) is 11.9 Å². The van der Waals surface area contributed by atoms with E-state index in [1.807, 2.05) is 12.3 Å². The number of hydrogen-bond donors (Lipinski definition) is 2. The number of hydrogen-bond acceptors (Lipinski definition) is 3. The molecule has 1 aliphatic rings. The van der Waals surface area contributed by atoms with Crippen LogP contribution >= 0.6 is 12.2 Å². The molecule has 0 unspecified atom stereocenters. The number of piperidine rings is 1. The third kappa shape index (κ3) is 4.84. The molecule has 2 atom stereocenters. The van der Waals surface area contributed by atoms with Crippen LogP contribution in [0.1, 0.15) is 34.1 Å². The molecular weight excluding hydrogens is 280 g/mol. The van der Waals surface area contributed by atoms with E-state index in [0.717, 1.165) is 36.4 Å². The molecule has 0 bridgehead atoms. The van der Waals surface area contributed by atoms with Gasteiger partial charge >= 0.3 is 0 Å². The van der Waals surface area contributed by atoms with Gasteiger partial charge in [0.25, 0.3) is 0 Å². The van der Waals surface area contributed by atoms with Gasteiger partial charge in [-0.25, -0.2) is 4.98 Å². The Morgan fingerprint density at radius 1 is 1.29 bits per heavy atom. The topological polar surface area (TPSA) is 40.2 Å². The lowest BCUT2D eigenvalue weighted by atomic mass is 9.92. The molecule has 4 nitrogen and oxygen atoms in total. The van der Waals surface area contributed by atoms with Gasteiger partial charge in [-0.3, -0.25) is 0 Å². The van der Waals surface area contributed by atoms with E-state index in [1.54, 1.807) is 0 Å². The Balaban J connectivity index is 1.97. The van der Waals surface area contributed by atoms with Gasteiger partial charge in [-0.2, -0.15) is 0 Å². The average molecular weight is 306 g/mol. The van der Waals surface area contributed by atoms with E-state index in [2.05, 4.69) is 54.3 Å². The summed E-state index contributed by atoms with van der Waals surface area (Å²) in [5.74, 6) is 2.52. The van der Waals surface area contributed by atoms with E-state index in [0.29, 0.717) is 11.2 Å². The van der Waals surface area contributed by atoms with Crippen molar-refractivity contribution in [3.8, 4) is 0 Å². The van der Waals surface area contributed by atoms with E-state index < -0.39 is 0 Å². The fourth-order valence-electron chi connectivity index (χ4n) is 2.93. The summed E-state index contributed by atoms with van der Waals surface area (Å²) in [6, 6.07) is 4.44. The van der Waals surface area contributed by atoms with Crippen LogP contribution in [0.25, 0.3) is 0 Å². The van der Waals surface area contributed by atoms with Crippen LogP contribution in [-0.4, -0.2) is 29.2 Å². The lowest BCUT2D eigenvalue weighted by Crippen LogP contribution is -2.39. The molecule has 1 fully saturated rings. The average Bonchev–Trinajstić information content (AvgIpc) is 2.37. The predicted octanol–water partition coefficient (Wildman–Crippen LogP) is 3.26. The minimum Gasteiger partial charge on any atom is -0.360 e. The zero-order chi connectivity index (χ0) is 15.4. The summed E-state index contributed by atoms with van der Waals surface area (Å²) in [7, 11) is 0. The number of nitrogens with one attached hydrogen (secondary N) is 2. The minimum atomic E-state index is 0.327. The van der Waals surface area contributed by atoms with Crippen molar-refractivity contribution in [2.75, 3.05) is 23.3 Å². The molecule has 0 aromatic carbocycles. The second-order valence-corrected chi connectivity index (χ2v) is 6.92. The van der Waals surface area contributed by atoms with Crippen molar-refractivity contribution in [1.82, 2.24) is 10.3 Å². The molecule has 0 spiro atoms. The highest BCUT2D eigenvalue weighted by Gasteiger charge is 2.22. The van der Waals surface area contributed by atoms with Crippen molar-refractivity contribution in [2.45, 2.75) is 40.2 Å². The van der Waals surface area contributed by atoms with Crippen LogP contribution in [0, 0.1) is 11.8 Å². The number of aromatic nitrogens is 1. The fraction of sp³-hybridized carbons (Fsp3) is 0.625. The molecule has 2 heterocycles. The summed E-state index contributed by atoms with van der Waals surface area (Å²) in [6.45, 7) is 10.9. The summed E-state index contributed by atoms with van der Waals surface area (Å²) in [5, 5.41) is 6.96. The highest BCUT2D eigenvalue weighted by atomic mass is 32.1. The summed E-state index contributed by atoms with van der Waals surface area (Å²) in [5.41, 5.74) is 0.926. The van der Waals surface area contributed by atoms with Crippen molar-refractivity contribution in [3.63, 3.8) is 0 Å². The van der Waals surface area contributed by atoms with Crippen LogP contribution < -0.4 is 15.5 Å². The van der Waals surface area contributed by atoms with Crippen molar-refractivity contribution in [3.05, 3.63) is 18.3 Å². The summed E-state index contributed by atoms with van der Waals surface area (Å²) in [4.78, 5) is 6.96. The molecule has 1 aliphatic heterocycles. The molecule has 0 amide bonds. The molecule has 2 rings (SSSR count). The molecule has 0 aliphatic carbocycles. The van der Waals surface area contributed by atoms with Crippen LogP contribution in [-0.2, 0) is 0 Å². The van der Waals surface area contributed by atoms with Crippen molar-refractivity contribution >= 4 is 28.8 Å². The lowest BCUT2D eigenvalue weighted by Gasteiger charge is -2.35. The standard InChI is InChI=1S/C16H26N4S/c1-11(2)18-16(21)19-14-5-6-15(17-8-14)20-9-12(3)7-13(4)10-20/h5-6,8,11-13H,7,9-10H2,1-4H3,(H2,18,19,21)/t12-,13+. The molecule has 5 heteroatoms. The number of rotatable bonds is 3. The first kappa shape index (κ1) is 16.0. The zero-order valence-corrected chi connectivity index (χ0v) is 14.2. The highest BCUT2D eigenvalue weighted by Crippen LogP contribution is 2.25. The maximum atomic E-state index is 5.24. The number of anilines is 2. The number of pyridine rings is 1. The van der Waals surface area contributed by atoms with Gasteiger partial charge in [-0.15, -0.1) is 0 Å². The van der Waals surface area contributed by atoms with Crippen LogP contribution in [0.3, 0.4) is 0 Å². The first-order valence-corrected chi connectivity index (χ1v) is 8.13. The van der Waals surface area contributed by atoms with Crippen LogP contribution in [0.5, 0.6) is 0 Å². The predicted molar refractivity (Wildman–Crippen MR) is 93.9 cm³/mol. The molecule has 1 saturated heterocycles. The second kappa shape index (κ2) is 7.07. The largest absolute Gasteiger partial charge is 0.360 e. The van der Waals surface area contributed by atoms with E-state index >= 15 is 0 Å². The lowest BCUT2D eigenvalue weighted by molar-refractivity contribution is 0.355. The number of thiocarbonyl (C=S) groups is 1. The molecule has 21 heavy (non-hydrogen) atoms. The second-order valence-electron chi connectivity index (χ2n) is 6.51. The van der Waals surface area contributed by atoms with Crippen molar-refractivity contribution in [2.24, 2.45) is 11.8 Å². The third-order valence-electron chi connectivity index (χ3n) is 3.62. The molecular formula is C16H26N4S. The Kier molecular flexibility index (Phi) is 5.39. The Labute approximate surface area is 133 Å². The Bertz CT molecular complexity index is 462. The third-order valence-corrected chi connectivity index (χ3v) is 3.84. The monoisotopic (exact) mass is 306 g/mol. The van der Waals surface area contributed by atoms with E-state index in [-0.39, 0.29) is 0 Å². The Morgan fingerprint density at radius 2 is 1.95 bits per heavy atom. The first-order chi connectivity index (χ1) is 9.94. The zero-order valence-electron chi connectivity index (χ0n) is 13.4. The normalized spacial score (nSPS) is 22.2. The SMILES string of the molecule is CC(C)NC(=S)Nc1ccc(N2C[C@H](C)C[C@H](C)C2)nc1. The van der Waals surface area contributed by atoms with Crippen molar-refractivity contribution < 1.29 is 0 Å². The van der Waals surface area contributed by atoms with Crippen LogP contribution in [0.4, 0.5) is 11.5 Å². The fourth-order valence-corrected chi connectivity index (χ4v) is 3.28. The maximum Gasteiger partial charge on any atom is 0.171 e. The molecule has 1 aromatic heterocycles. The van der Waals surface area contributed by atoms with Crippen LogP contribution in [0.15, 0.2) is 18.3 Å². The van der Waals surface area contributed by atoms with Crippen LogP contribution in [0.2, 0.25) is 0 Å². The van der Waals surface area contributed by atoms with E-state index in [4.69, 9.17) is 12.2 Å². The highest BCUT2D eigenvalue weighted by molar-refractivity contribution is 7.80. The molecule has 0 saturated carbocycles. The van der Waals surface area contributed by atoms with Gasteiger partial charge in [0.2, 0.25) is 0 Å². The van der Waals surface area contributed by atoms with Gasteiger partial charge in [0.15, 0.2) is 5.11 Å². The smallest absolute Gasteiger partial charge is 0.171 e. The van der Waals surface area contributed by atoms with Gasteiger partial charge in [-0.05, 0) is 56.5 Å². The van der Waals surface area contributed by atoms with Gasteiger partial charge in [0.1, 0.15) is 5.82 Å². The number of nitrogens with zero attached hydrogens (tertiary/aromatic N) is 2. The van der Waals surface area contributed by atoms with Gasteiger partial charge in [0, 0.05) is 19.1 Å². The minimum absolute atomic E-state index is 0.327. The van der Waals surface area contributed by atoms with E-state index in [9.17, 15) is 0 Å². The summed E-state index contributed by atoms with van der Waals surface area (Å²) >= 11 is 5.24. The van der Waals surface area contributed by atoms with Gasteiger partial charge < -0.3 is 15.5 Å². The molecule has 1 aromatic rings. The quantitative estimate of drug-likeness (QED) is 0.839.